The van der Waals surface area contributed by atoms with E-state index in [4.69, 9.17) is 4.74 Å². The monoisotopic (exact) mass is 445 g/mol. The van der Waals surface area contributed by atoms with Crippen LogP contribution in [-0.2, 0) is 17.8 Å². The fourth-order valence-corrected chi connectivity index (χ4v) is 5.33. The van der Waals surface area contributed by atoms with E-state index in [-0.39, 0.29) is 17.9 Å². The first-order valence-corrected chi connectivity index (χ1v) is 11.8. The molecule has 2 aromatic carbocycles. The number of nitrogens with zero attached hydrogens (tertiary/aromatic N) is 1. The standard InChI is InChI=1S/C27H31N3O3/c1-16(2)13-24(30-15-17-7-4-5-8-19(17)27(30)32)26(31)29-23-10-6-9-20-21-14-18(33-3)11-12-22(21)28-25(20)23/h4-5,7-8,11-12,14,16,23-24,28H,6,9-10,13,15H2,1-3H3,(H,29,31). The molecule has 1 aliphatic carbocycles. The zero-order chi connectivity index (χ0) is 23.1. The Morgan fingerprint density at radius 2 is 2.06 bits per heavy atom. The number of benzene rings is 2. The minimum Gasteiger partial charge on any atom is -0.497 e. The van der Waals surface area contributed by atoms with Crippen molar-refractivity contribution < 1.29 is 14.3 Å². The Bertz CT molecular complexity index is 1210. The Labute approximate surface area is 194 Å². The summed E-state index contributed by atoms with van der Waals surface area (Å²) in [5, 5.41) is 4.46. The number of ether oxygens (including phenoxy) is 1. The molecule has 2 atom stereocenters. The molecule has 2 unspecified atom stereocenters. The van der Waals surface area contributed by atoms with Gasteiger partial charge < -0.3 is 19.9 Å². The van der Waals surface area contributed by atoms with E-state index in [0.717, 1.165) is 47.2 Å². The summed E-state index contributed by atoms with van der Waals surface area (Å²) in [5.74, 6) is 1.01. The molecule has 6 heteroatoms. The van der Waals surface area contributed by atoms with Crippen LogP contribution in [0.25, 0.3) is 10.9 Å². The maximum absolute atomic E-state index is 13.6. The first-order chi connectivity index (χ1) is 16.0. The summed E-state index contributed by atoms with van der Waals surface area (Å²) < 4.78 is 5.42. The molecule has 2 heterocycles. The van der Waals surface area contributed by atoms with E-state index in [1.54, 1.807) is 12.0 Å². The number of aromatic nitrogens is 1. The number of carbonyl (C=O) groups is 2. The molecule has 33 heavy (non-hydrogen) atoms. The number of H-pyrrole nitrogens is 1. The van der Waals surface area contributed by atoms with Crippen LogP contribution in [0.2, 0.25) is 0 Å². The van der Waals surface area contributed by atoms with E-state index in [9.17, 15) is 9.59 Å². The second-order valence-electron chi connectivity index (χ2n) is 9.62. The number of aromatic amines is 1. The molecule has 0 bridgehead atoms. The highest BCUT2D eigenvalue weighted by atomic mass is 16.5. The van der Waals surface area contributed by atoms with Crippen molar-refractivity contribution in [2.75, 3.05) is 7.11 Å². The molecule has 6 nitrogen and oxygen atoms in total. The summed E-state index contributed by atoms with van der Waals surface area (Å²) in [4.78, 5) is 32.0. The Balaban J connectivity index is 1.41. The molecule has 0 saturated carbocycles. The molecule has 2 aliphatic rings. The minimum absolute atomic E-state index is 0.0477. The Hall–Kier alpha value is -3.28. The second kappa shape index (κ2) is 8.58. The van der Waals surface area contributed by atoms with Gasteiger partial charge in [0, 0.05) is 28.7 Å². The molecule has 172 valence electrons. The van der Waals surface area contributed by atoms with E-state index in [0.29, 0.717) is 24.4 Å². The third-order valence-electron chi connectivity index (χ3n) is 6.95. The largest absolute Gasteiger partial charge is 0.497 e. The first-order valence-electron chi connectivity index (χ1n) is 11.8. The van der Waals surface area contributed by atoms with Gasteiger partial charge in [-0.05, 0) is 67.0 Å². The molecular weight excluding hydrogens is 414 g/mol. The van der Waals surface area contributed by atoms with Crippen molar-refractivity contribution in [2.45, 2.75) is 58.2 Å². The molecule has 2 amide bonds. The van der Waals surface area contributed by atoms with Crippen molar-refractivity contribution in [1.29, 1.82) is 0 Å². The number of hydrogen-bond acceptors (Lipinski definition) is 3. The van der Waals surface area contributed by atoms with Crippen LogP contribution < -0.4 is 10.1 Å². The fourth-order valence-electron chi connectivity index (χ4n) is 5.33. The fraction of sp³-hybridized carbons (Fsp3) is 0.407. The summed E-state index contributed by atoms with van der Waals surface area (Å²) in [5.41, 5.74) is 5.10. The van der Waals surface area contributed by atoms with Crippen LogP contribution in [0.4, 0.5) is 0 Å². The quantitative estimate of drug-likeness (QED) is 0.575. The Morgan fingerprint density at radius 3 is 2.82 bits per heavy atom. The summed E-state index contributed by atoms with van der Waals surface area (Å²) in [7, 11) is 1.68. The van der Waals surface area contributed by atoms with Crippen molar-refractivity contribution >= 4 is 22.7 Å². The molecule has 0 radical (unpaired) electrons. The van der Waals surface area contributed by atoms with Gasteiger partial charge in [-0.3, -0.25) is 9.59 Å². The molecular formula is C27H31N3O3. The summed E-state index contributed by atoms with van der Waals surface area (Å²) in [6, 6.07) is 13.1. The van der Waals surface area contributed by atoms with Crippen molar-refractivity contribution in [3.63, 3.8) is 0 Å². The van der Waals surface area contributed by atoms with Crippen molar-refractivity contribution in [3.8, 4) is 5.75 Å². The van der Waals surface area contributed by atoms with Crippen molar-refractivity contribution in [2.24, 2.45) is 5.92 Å². The molecule has 1 aromatic heterocycles. The Kier molecular flexibility index (Phi) is 5.60. The van der Waals surface area contributed by atoms with Crippen LogP contribution >= 0.6 is 0 Å². The molecule has 1 aliphatic heterocycles. The van der Waals surface area contributed by atoms with E-state index in [1.165, 1.54) is 5.56 Å². The van der Waals surface area contributed by atoms with E-state index >= 15 is 0 Å². The van der Waals surface area contributed by atoms with Gasteiger partial charge in [-0.15, -0.1) is 0 Å². The minimum atomic E-state index is -0.486. The summed E-state index contributed by atoms with van der Waals surface area (Å²) in [6.45, 7) is 4.68. The van der Waals surface area contributed by atoms with Gasteiger partial charge in [-0.1, -0.05) is 32.0 Å². The average Bonchev–Trinajstić information content (AvgIpc) is 3.35. The third-order valence-corrected chi connectivity index (χ3v) is 6.95. The van der Waals surface area contributed by atoms with E-state index in [1.807, 2.05) is 36.4 Å². The van der Waals surface area contributed by atoms with Gasteiger partial charge in [0.15, 0.2) is 0 Å². The van der Waals surface area contributed by atoms with Crippen LogP contribution in [0.3, 0.4) is 0 Å². The summed E-state index contributed by atoms with van der Waals surface area (Å²) in [6.07, 6.45) is 3.50. The lowest BCUT2D eigenvalue weighted by Gasteiger charge is -2.31. The second-order valence-corrected chi connectivity index (χ2v) is 9.62. The van der Waals surface area contributed by atoms with Crippen LogP contribution in [0, 0.1) is 5.92 Å². The van der Waals surface area contributed by atoms with Crippen LogP contribution in [0.1, 0.15) is 66.3 Å². The number of nitrogens with one attached hydrogen (secondary N) is 2. The predicted molar refractivity (Wildman–Crippen MR) is 128 cm³/mol. The number of carbonyl (C=O) groups excluding carboxylic acids is 2. The molecule has 5 rings (SSSR count). The topological polar surface area (TPSA) is 74.4 Å². The SMILES string of the molecule is COc1ccc2[nH]c3c(c2c1)CCCC3NC(=O)C(CC(C)C)N1Cc2ccccc2C1=O. The molecule has 2 N–H and O–H groups in total. The zero-order valence-corrected chi connectivity index (χ0v) is 19.5. The number of fused-ring (bicyclic) bond motifs is 4. The molecule has 3 aromatic rings. The number of amides is 2. The molecule has 0 fully saturated rings. The number of rotatable bonds is 6. The van der Waals surface area contributed by atoms with Gasteiger partial charge in [0.2, 0.25) is 5.91 Å². The van der Waals surface area contributed by atoms with E-state index < -0.39 is 6.04 Å². The van der Waals surface area contributed by atoms with Gasteiger partial charge >= 0.3 is 0 Å². The van der Waals surface area contributed by atoms with Crippen molar-refractivity contribution in [1.82, 2.24) is 15.2 Å². The van der Waals surface area contributed by atoms with Crippen LogP contribution in [0.5, 0.6) is 5.75 Å². The van der Waals surface area contributed by atoms with Crippen LogP contribution in [0.15, 0.2) is 42.5 Å². The van der Waals surface area contributed by atoms with Gasteiger partial charge in [0.1, 0.15) is 11.8 Å². The number of methoxy groups -OCH3 is 1. The highest BCUT2D eigenvalue weighted by Crippen LogP contribution is 2.36. The Morgan fingerprint density at radius 1 is 1.24 bits per heavy atom. The highest BCUT2D eigenvalue weighted by Gasteiger charge is 2.38. The lowest BCUT2D eigenvalue weighted by molar-refractivity contribution is -0.127. The average molecular weight is 446 g/mol. The predicted octanol–water partition coefficient (Wildman–Crippen LogP) is 4.74. The number of hydrogen-bond donors (Lipinski definition) is 2. The van der Waals surface area contributed by atoms with Gasteiger partial charge in [-0.2, -0.15) is 0 Å². The normalized spacial score (nSPS) is 18.4. The maximum atomic E-state index is 13.6. The van der Waals surface area contributed by atoms with E-state index in [2.05, 4.69) is 30.2 Å². The third kappa shape index (κ3) is 3.88. The maximum Gasteiger partial charge on any atom is 0.255 e. The highest BCUT2D eigenvalue weighted by molar-refractivity contribution is 6.01. The number of aryl methyl sites for hydroxylation is 1. The van der Waals surface area contributed by atoms with Gasteiger partial charge in [0.25, 0.3) is 5.91 Å². The summed E-state index contributed by atoms with van der Waals surface area (Å²) >= 11 is 0. The molecule has 0 spiro atoms. The zero-order valence-electron chi connectivity index (χ0n) is 19.5. The van der Waals surface area contributed by atoms with Gasteiger partial charge in [0.05, 0.1) is 13.2 Å². The van der Waals surface area contributed by atoms with Crippen molar-refractivity contribution in [3.05, 3.63) is 64.8 Å². The first kappa shape index (κ1) is 21.6. The smallest absolute Gasteiger partial charge is 0.255 e. The van der Waals surface area contributed by atoms with Crippen LogP contribution in [-0.4, -0.2) is 34.8 Å². The van der Waals surface area contributed by atoms with Gasteiger partial charge in [-0.25, -0.2) is 0 Å². The molecule has 0 saturated heterocycles. The lowest BCUT2D eigenvalue weighted by atomic mass is 9.91. The lowest BCUT2D eigenvalue weighted by Crippen LogP contribution is -2.49.